The molecule has 0 unspecified atom stereocenters. The molecule has 1 aliphatic heterocycles. The van der Waals surface area contributed by atoms with Crippen LogP contribution < -0.4 is 15.5 Å². The van der Waals surface area contributed by atoms with Gasteiger partial charge in [-0.25, -0.2) is 9.78 Å². The van der Waals surface area contributed by atoms with Crippen molar-refractivity contribution >= 4 is 29.0 Å². The van der Waals surface area contributed by atoms with Crippen LogP contribution in [0.4, 0.5) is 10.5 Å². The molecule has 1 aromatic heterocycles. The number of benzene rings is 1. The minimum absolute atomic E-state index is 0.124. The van der Waals surface area contributed by atoms with Crippen molar-refractivity contribution in [1.29, 1.82) is 0 Å². The zero-order valence-electron chi connectivity index (χ0n) is 12.8. The summed E-state index contributed by atoms with van der Waals surface area (Å²) in [6.07, 6.45) is 0.713. The maximum atomic E-state index is 12.2. The Morgan fingerprint density at radius 2 is 2.35 bits per heavy atom. The largest absolute Gasteiger partial charge is 0.352 e. The van der Waals surface area contributed by atoms with Gasteiger partial charge in [-0.3, -0.25) is 9.69 Å². The predicted octanol–water partition coefficient (Wildman–Crippen LogP) is 1.95. The lowest BCUT2D eigenvalue weighted by Crippen LogP contribution is -2.29. The summed E-state index contributed by atoms with van der Waals surface area (Å²) in [4.78, 5) is 29.9. The van der Waals surface area contributed by atoms with Crippen LogP contribution in [0.5, 0.6) is 0 Å². The molecule has 3 amide bonds. The second-order valence-electron chi connectivity index (χ2n) is 5.30. The molecular weight excluding hydrogens is 312 g/mol. The molecule has 0 radical (unpaired) electrons. The van der Waals surface area contributed by atoms with E-state index in [4.69, 9.17) is 0 Å². The molecule has 7 heteroatoms. The summed E-state index contributed by atoms with van der Waals surface area (Å²) < 4.78 is 0. The number of hydrogen-bond donors (Lipinski definition) is 2. The van der Waals surface area contributed by atoms with E-state index in [1.165, 1.54) is 0 Å². The van der Waals surface area contributed by atoms with Crippen molar-refractivity contribution in [2.24, 2.45) is 0 Å². The molecule has 2 heterocycles. The Morgan fingerprint density at radius 3 is 3.04 bits per heavy atom. The number of aromatic nitrogens is 1. The second-order valence-corrected chi connectivity index (χ2v) is 6.36. The average molecular weight is 330 g/mol. The molecule has 1 aromatic carbocycles. The first-order valence-corrected chi connectivity index (χ1v) is 8.36. The van der Waals surface area contributed by atoms with Crippen LogP contribution in [0.25, 0.3) is 0 Å². The van der Waals surface area contributed by atoms with Crippen LogP contribution >= 0.6 is 11.3 Å². The van der Waals surface area contributed by atoms with E-state index in [1.54, 1.807) is 34.4 Å². The predicted molar refractivity (Wildman–Crippen MR) is 90.1 cm³/mol. The van der Waals surface area contributed by atoms with Crippen LogP contribution in [-0.4, -0.2) is 36.6 Å². The summed E-state index contributed by atoms with van der Waals surface area (Å²) in [6.45, 7) is 3.75. The maximum absolute atomic E-state index is 12.2. The number of anilines is 1. The van der Waals surface area contributed by atoms with Gasteiger partial charge in [0, 0.05) is 42.7 Å². The fourth-order valence-electron chi connectivity index (χ4n) is 2.46. The molecule has 2 aromatic rings. The lowest BCUT2D eigenvalue weighted by Gasteiger charge is -2.15. The molecule has 3 rings (SSSR count). The average Bonchev–Trinajstić information content (AvgIpc) is 3.16. The molecule has 1 aliphatic rings. The first-order chi connectivity index (χ1) is 11.1. The first kappa shape index (κ1) is 15.5. The lowest BCUT2D eigenvalue weighted by molar-refractivity contribution is 0.0954. The fraction of sp³-hybridized carbons (Fsp3) is 0.312. The number of aryl methyl sites for hydroxylation is 1. The van der Waals surface area contributed by atoms with E-state index in [2.05, 4.69) is 15.6 Å². The van der Waals surface area contributed by atoms with Crippen molar-refractivity contribution in [1.82, 2.24) is 15.6 Å². The van der Waals surface area contributed by atoms with Crippen molar-refractivity contribution in [3.05, 3.63) is 45.9 Å². The fourth-order valence-corrected chi connectivity index (χ4v) is 3.11. The van der Waals surface area contributed by atoms with Gasteiger partial charge in [-0.2, -0.15) is 0 Å². The van der Waals surface area contributed by atoms with Gasteiger partial charge in [0.2, 0.25) is 0 Å². The molecule has 0 aliphatic carbocycles. The Kier molecular flexibility index (Phi) is 4.57. The van der Waals surface area contributed by atoms with Gasteiger partial charge in [-0.05, 0) is 25.1 Å². The summed E-state index contributed by atoms with van der Waals surface area (Å²) in [5.41, 5.74) is 2.29. The van der Waals surface area contributed by atoms with Crippen LogP contribution in [0.15, 0.2) is 29.6 Å². The van der Waals surface area contributed by atoms with E-state index >= 15 is 0 Å². The van der Waals surface area contributed by atoms with Crippen LogP contribution in [0, 0.1) is 6.92 Å². The summed E-state index contributed by atoms with van der Waals surface area (Å²) >= 11 is 1.61. The van der Waals surface area contributed by atoms with Gasteiger partial charge in [0.1, 0.15) is 0 Å². The quantitative estimate of drug-likeness (QED) is 0.880. The molecule has 2 N–H and O–H groups in total. The Hall–Kier alpha value is -2.41. The highest BCUT2D eigenvalue weighted by Gasteiger charge is 2.21. The standard InChI is InChI=1S/C16H18N4O2S/c1-11-19-13(10-23-11)5-6-17-15(21)12-3-2-4-14(9-12)20-8-7-18-16(20)22/h2-4,9-10H,5-8H2,1H3,(H,17,21)(H,18,22). The van der Waals surface area contributed by atoms with Crippen molar-refractivity contribution in [3.8, 4) is 0 Å². The van der Waals surface area contributed by atoms with Crippen LogP contribution in [0.1, 0.15) is 21.1 Å². The van der Waals surface area contributed by atoms with Gasteiger partial charge < -0.3 is 10.6 Å². The number of amides is 3. The lowest BCUT2D eigenvalue weighted by atomic mass is 10.1. The van der Waals surface area contributed by atoms with Crippen LogP contribution in [0.3, 0.4) is 0 Å². The SMILES string of the molecule is Cc1nc(CCNC(=O)c2cccc(N3CCNC3=O)c2)cs1. The molecule has 120 valence electrons. The Labute approximate surface area is 138 Å². The van der Waals surface area contributed by atoms with E-state index in [0.29, 0.717) is 31.6 Å². The normalized spacial score (nSPS) is 14.0. The summed E-state index contributed by atoms with van der Waals surface area (Å²) in [5, 5.41) is 8.68. The molecular formula is C16H18N4O2S. The van der Waals surface area contributed by atoms with Gasteiger partial charge in [0.05, 0.1) is 10.7 Å². The van der Waals surface area contributed by atoms with E-state index < -0.39 is 0 Å². The summed E-state index contributed by atoms with van der Waals surface area (Å²) in [5.74, 6) is -0.140. The number of carbonyl (C=O) groups excluding carboxylic acids is 2. The monoisotopic (exact) mass is 330 g/mol. The van der Waals surface area contributed by atoms with Gasteiger partial charge in [0.15, 0.2) is 0 Å². The Bertz CT molecular complexity index is 728. The smallest absolute Gasteiger partial charge is 0.321 e. The van der Waals surface area contributed by atoms with Gasteiger partial charge in [-0.15, -0.1) is 11.3 Å². The molecule has 6 nitrogen and oxygen atoms in total. The number of urea groups is 1. The van der Waals surface area contributed by atoms with Crippen molar-refractivity contribution in [3.63, 3.8) is 0 Å². The highest BCUT2D eigenvalue weighted by Crippen LogP contribution is 2.18. The summed E-state index contributed by atoms with van der Waals surface area (Å²) in [6, 6.07) is 6.99. The van der Waals surface area contributed by atoms with Crippen molar-refractivity contribution in [2.45, 2.75) is 13.3 Å². The zero-order valence-corrected chi connectivity index (χ0v) is 13.7. The van der Waals surface area contributed by atoms with Crippen molar-refractivity contribution < 1.29 is 9.59 Å². The number of rotatable bonds is 5. The highest BCUT2D eigenvalue weighted by molar-refractivity contribution is 7.09. The molecule has 1 saturated heterocycles. The Morgan fingerprint density at radius 1 is 1.48 bits per heavy atom. The number of thiazole rings is 1. The number of nitrogens with one attached hydrogen (secondary N) is 2. The van der Waals surface area contributed by atoms with Crippen LogP contribution in [0.2, 0.25) is 0 Å². The third kappa shape index (κ3) is 3.68. The zero-order chi connectivity index (χ0) is 16.2. The van der Waals surface area contributed by atoms with E-state index in [9.17, 15) is 9.59 Å². The number of nitrogens with zero attached hydrogens (tertiary/aromatic N) is 2. The van der Waals surface area contributed by atoms with Gasteiger partial charge in [-0.1, -0.05) is 6.07 Å². The van der Waals surface area contributed by atoms with E-state index in [-0.39, 0.29) is 11.9 Å². The van der Waals surface area contributed by atoms with E-state index in [0.717, 1.165) is 16.4 Å². The second kappa shape index (κ2) is 6.78. The molecule has 0 atom stereocenters. The van der Waals surface area contributed by atoms with Crippen LogP contribution in [-0.2, 0) is 6.42 Å². The molecule has 0 bridgehead atoms. The Balaban J connectivity index is 1.59. The van der Waals surface area contributed by atoms with Gasteiger partial charge in [0.25, 0.3) is 5.91 Å². The highest BCUT2D eigenvalue weighted by atomic mass is 32.1. The third-order valence-electron chi connectivity index (χ3n) is 3.61. The molecule has 1 fully saturated rings. The minimum atomic E-state index is -0.140. The molecule has 23 heavy (non-hydrogen) atoms. The molecule has 0 spiro atoms. The first-order valence-electron chi connectivity index (χ1n) is 7.48. The van der Waals surface area contributed by atoms with E-state index in [1.807, 2.05) is 18.4 Å². The molecule has 0 saturated carbocycles. The third-order valence-corrected chi connectivity index (χ3v) is 4.43. The van der Waals surface area contributed by atoms with Gasteiger partial charge >= 0.3 is 6.03 Å². The maximum Gasteiger partial charge on any atom is 0.321 e. The minimum Gasteiger partial charge on any atom is -0.352 e. The number of hydrogen-bond acceptors (Lipinski definition) is 4. The number of carbonyl (C=O) groups is 2. The van der Waals surface area contributed by atoms with Crippen molar-refractivity contribution in [2.75, 3.05) is 24.5 Å². The topological polar surface area (TPSA) is 74.3 Å². The summed E-state index contributed by atoms with van der Waals surface area (Å²) in [7, 11) is 0.